The lowest BCUT2D eigenvalue weighted by atomic mass is 10.2. The fraction of sp³-hybridized carbons (Fsp3) is 0.667. The molecule has 2 heterocycles. The number of aromatic nitrogens is 2. The van der Waals surface area contributed by atoms with Gasteiger partial charge in [0.15, 0.2) is 6.33 Å². The number of hydrogen-bond donors (Lipinski definition) is 1. The number of esters is 1. The first-order valence-electron chi connectivity index (χ1n) is 4.96. The molecule has 0 bridgehead atoms. The van der Waals surface area contributed by atoms with E-state index in [0.717, 1.165) is 0 Å². The molecule has 0 amide bonds. The Morgan fingerprint density at radius 3 is 3.25 bits per heavy atom. The highest BCUT2D eigenvalue weighted by molar-refractivity contribution is 5.76. The quantitative estimate of drug-likeness (QED) is 0.674. The second-order valence-electron chi connectivity index (χ2n) is 3.69. The normalized spacial score (nSPS) is 25.9. The number of ether oxygens (including phenoxy) is 1. The van der Waals surface area contributed by atoms with Gasteiger partial charge in [-0.3, -0.25) is 9.69 Å². The highest BCUT2D eigenvalue weighted by Gasteiger charge is 2.37. The summed E-state index contributed by atoms with van der Waals surface area (Å²) in [7, 11) is 1.33. The first kappa shape index (κ1) is 11.0. The van der Waals surface area contributed by atoms with Gasteiger partial charge in [0.25, 0.3) is 0 Å². The molecule has 0 radical (unpaired) electrons. The summed E-state index contributed by atoms with van der Waals surface area (Å²) in [6.45, 7) is 0.749. The van der Waals surface area contributed by atoms with Crippen LogP contribution in [0.4, 0.5) is 0 Å². The van der Waals surface area contributed by atoms with Crippen molar-refractivity contribution in [2.75, 3.05) is 13.7 Å². The molecular weight excluding hydrogens is 214 g/mol. The van der Waals surface area contributed by atoms with Gasteiger partial charge < -0.3 is 14.4 Å². The van der Waals surface area contributed by atoms with Gasteiger partial charge in [0.2, 0.25) is 5.89 Å². The fourth-order valence-corrected chi connectivity index (χ4v) is 1.87. The maximum Gasteiger partial charge on any atom is 0.323 e. The standard InChI is InChI=1S/C9H13N3O4/c1-15-9(14)7-2-6(13)3-12(7)4-8-10-5-11-16-8/h5-7,13H,2-4H2,1H3. The Bertz CT molecular complexity index is 354. The number of nitrogens with zero attached hydrogens (tertiary/aromatic N) is 3. The van der Waals surface area contributed by atoms with Crippen LogP contribution in [0, 0.1) is 0 Å². The van der Waals surface area contributed by atoms with E-state index in [4.69, 9.17) is 4.52 Å². The number of aliphatic hydroxyl groups is 1. The van der Waals surface area contributed by atoms with Gasteiger partial charge in [-0.25, -0.2) is 0 Å². The van der Waals surface area contributed by atoms with Crippen molar-refractivity contribution in [2.24, 2.45) is 0 Å². The van der Waals surface area contributed by atoms with Crippen molar-refractivity contribution in [3.8, 4) is 0 Å². The summed E-state index contributed by atoms with van der Waals surface area (Å²) in [6.07, 6.45) is 1.16. The van der Waals surface area contributed by atoms with Gasteiger partial charge in [-0.2, -0.15) is 4.98 Å². The molecule has 7 heteroatoms. The summed E-state index contributed by atoms with van der Waals surface area (Å²) in [5.41, 5.74) is 0. The molecule has 16 heavy (non-hydrogen) atoms. The van der Waals surface area contributed by atoms with Crippen LogP contribution in [0.15, 0.2) is 10.9 Å². The molecule has 0 aromatic carbocycles. The number of methoxy groups -OCH3 is 1. The first-order chi connectivity index (χ1) is 7.70. The van der Waals surface area contributed by atoms with Crippen molar-refractivity contribution in [1.29, 1.82) is 0 Å². The number of likely N-dealkylation sites (tertiary alicyclic amines) is 1. The average Bonchev–Trinajstić information content (AvgIpc) is 2.88. The van der Waals surface area contributed by atoms with Gasteiger partial charge in [-0.05, 0) is 0 Å². The Balaban J connectivity index is 2.04. The third-order valence-electron chi connectivity index (χ3n) is 2.60. The van der Waals surface area contributed by atoms with Crippen molar-refractivity contribution in [3.63, 3.8) is 0 Å². The van der Waals surface area contributed by atoms with Gasteiger partial charge in [0.1, 0.15) is 6.04 Å². The molecule has 88 valence electrons. The number of hydrogen-bond acceptors (Lipinski definition) is 7. The van der Waals surface area contributed by atoms with E-state index in [1.807, 2.05) is 0 Å². The van der Waals surface area contributed by atoms with Gasteiger partial charge in [-0.15, -0.1) is 0 Å². The number of carbonyl (C=O) groups excluding carboxylic acids is 1. The van der Waals surface area contributed by atoms with Gasteiger partial charge in [-0.1, -0.05) is 5.16 Å². The number of β-amino-alcohol motifs (C(OH)–C–C–N with tert-alkyl or cyclic N) is 1. The van der Waals surface area contributed by atoms with Crippen LogP contribution in [0.5, 0.6) is 0 Å². The molecule has 2 unspecified atom stereocenters. The van der Waals surface area contributed by atoms with E-state index in [-0.39, 0.29) is 5.97 Å². The van der Waals surface area contributed by atoms with E-state index in [2.05, 4.69) is 14.9 Å². The smallest absolute Gasteiger partial charge is 0.323 e. The lowest BCUT2D eigenvalue weighted by Gasteiger charge is -2.19. The molecule has 1 saturated heterocycles. The van der Waals surface area contributed by atoms with Crippen LogP contribution in [-0.4, -0.2) is 51.9 Å². The zero-order chi connectivity index (χ0) is 11.5. The maximum atomic E-state index is 11.5. The molecule has 1 aromatic heterocycles. The SMILES string of the molecule is COC(=O)C1CC(O)CN1Cc1ncno1. The van der Waals surface area contributed by atoms with E-state index in [9.17, 15) is 9.90 Å². The second kappa shape index (κ2) is 4.58. The minimum atomic E-state index is -0.521. The second-order valence-corrected chi connectivity index (χ2v) is 3.69. The predicted molar refractivity (Wildman–Crippen MR) is 51.1 cm³/mol. The van der Waals surface area contributed by atoms with Crippen LogP contribution in [-0.2, 0) is 16.1 Å². The zero-order valence-corrected chi connectivity index (χ0v) is 8.87. The van der Waals surface area contributed by atoms with Crippen molar-refractivity contribution >= 4 is 5.97 Å². The molecule has 1 aliphatic heterocycles. The Hall–Kier alpha value is -1.47. The Morgan fingerprint density at radius 2 is 2.62 bits per heavy atom. The van der Waals surface area contributed by atoms with Crippen molar-refractivity contribution in [2.45, 2.75) is 25.1 Å². The number of carbonyl (C=O) groups is 1. The van der Waals surface area contributed by atoms with Crippen LogP contribution in [0.1, 0.15) is 12.3 Å². The summed E-state index contributed by atoms with van der Waals surface area (Å²) >= 11 is 0. The summed E-state index contributed by atoms with van der Waals surface area (Å²) in [4.78, 5) is 17.1. The Morgan fingerprint density at radius 1 is 1.81 bits per heavy atom. The van der Waals surface area contributed by atoms with E-state index in [1.54, 1.807) is 4.90 Å². The largest absolute Gasteiger partial charge is 0.468 e. The van der Waals surface area contributed by atoms with Gasteiger partial charge in [0.05, 0.1) is 19.8 Å². The number of aliphatic hydroxyl groups excluding tert-OH is 1. The summed E-state index contributed by atoms with van der Waals surface area (Å²) in [5.74, 6) is 0.0686. The van der Waals surface area contributed by atoms with E-state index >= 15 is 0 Å². The minimum absolute atomic E-state index is 0.344. The van der Waals surface area contributed by atoms with Crippen LogP contribution in [0.25, 0.3) is 0 Å². The van der Waals surface area contributed by atoms with E-state index in [1.165, 1.54) is 13.4 Å². The van der Waals surface area contributed by atoms with Crippen molar-refractivity contribution < 1.29 is 19.2 Å². The topological polar surface area (TPSA) is 88.7 Å². The summed E-state index contributed by atoms with van der Waals surface area (Å²) < 4.78 is 9.53. The molecule has 1 aromatic rings. The molecule has 1 fully saturated rings. The molecule has 0 saturated carbocycles. The van der Waals surface area contributed by atoms with E-state index < -0.39 is 12.1 Å². The Labute approximate surface area is 92.0 Å². The van der Waals surface area contributed by atoms with Gasteiger partial charge in [0, 0.05) is 13.0 Å². The van der Waals surface area contributed by atoms with Crippen LogP contribution in [0.2, 0.25) is 0 Å². The summed E-state index contributed by atoms with van der Waals surface area (Å²) in [6, 6.07) is -0.438. The third-order valence-corrected chi connectivity index (χ3v) is 2.60. The zero-order valence-electron chi connectivity index (χ0n) is 8.87. The van der Waals surface area contributed by atoms with E-state index in [0.29, 0.717) is 25.4 Å². The third kappa shape index (κ3) is 2.20. The maximum absolute atomic E-state index is 11.5. The monoisotopic (exact) mass is 227 g/mol. The van der Waals surface area contributed by atoms with Crippen molar-refractivity contribution in [3.05, 3.63) is 12.2 Å². The molecule has 2 rings (SSSR count). The summed E-state index contributed by atoms with van der Waals surface area (Å²) in [5, 5.41) is 13.0. The molecule has 0 aliphatic carbocycles. The van der Waals surface area contributed by atoms with Gasteiger partial charge >= 0.3 is 5.97 Å². The minimum Gasteiger partial charge on any atom is -0.468 e. The van der Waals surface area contributed by atoms with Crippen LogP contribution < -0.4 is 0 Å². The first-order valence-corrected chi connectivity index (χ1v) is 4.96. The fourth-order valence-electron chi connectivity index (χ4n) is 1.87. The molecular formula is C9H13N3O4. The highest BCUT2D eigenvalue weighted by atomic mass is 16.5. The lowest BCUT2D eigenvalue weighted by Crippen LogP contribution is -2.36. The molecule has 0 spiro atoms. The molecule has 1 N–H and O–H groups in total. The van der Waals surface area contributed by atoms with Crippen LogP contribution in [0.3, 0.4) is 0 Å². The van der Waals surface area contributed by atoms with Crippen LogP contribution >= 0.6 is 0 Å². The Kier molecular flexibility index (Phi) is 3.16. The predicted octanol–water partition coefficient (Wildman–Crippen LogP) is -0.822. The molecule has 2 atom stereocenters. The highest BCUT2D eigenvalue weighted by Crippen LogP contribution is 2.20. The van der Waals surface area contributed by atoms with Crippen molar-refractivity contribution in [1.82, 2.24) is 15.0 Å². The molecule has 7 nitrogen and oxygen atoms in total. The molecule has 1 aliphatic rings. The average molecular weight is 227 g/mol. The number of rotatable bonds is 3. The lowest BCUT2D eigenvalue weighted by molar-refractivity contribution is -0.146.